The van der Waals surface area contributed by atoms with E-state index in [9.17, 15) is 14.4 Å². The van der Waals surface area contributed by atoms with Gasteiger partial charge in [0.25, 0.3) is 0 Å². The topological polar surface area (TPSA) is 78.9 Å². The predicted molar refractivity (Wildman–Crippen MR) is 266 cm³/mol. The summed E-state index contributed by atoms with van der Waals surface area (Å²) in [5.41, 5.74) is 0. The Labute approximate surface area is 385 Å². The molecule has 0 rings (SSSR count). The summed E-state index contributed by atoms with van der Waals surface area (Å²) in [5, 5.41) is 0. The molecule has 362 valence electrons. The quantitative estimate of drug-likeness (QED) is 0.0262. The van der Waals surface area contributed by atoms with Gasteiger partial charge in [-0.3, -0.25) is 14.4 Å². The Morgan fingerprint density at radius 2 is 0.581 bits per heavy atom. The van der Waals surface area contributed by atoms with E-state index in [2.05, 4.69) is 57.2 Å². The van der Waals surface area contributed by atoms with Crippen molar-refractivity contribution in [3.05, 3.63) is 36.5 Å². The van der Waals surface area contributed by atoms with E-state index >= 15 is 0 Å². The lowest BCUT2D eigenvalue weighted by Crippen LogP contribution is -2.30. The molecule has 1 unspecified atom stereocenters. The zero-order valence-electron chi connectivity index (χ0n) is 41.4. The van der Waals surface area contributed by atoms with Crippen LogP contribution >= 0.6 is 0 Å². The molecule has 1 atom stereocenters. The van der Waals surface area contributed by atoms with Crippen LogP contribution in [0.4, 0.5) is 0 Å². The fourth-order valence-corrected chi connectivity index (χ4v) is 7.80. The van der Waals surface area contributed by atoms with Gasteiger partial charge in [0.2, 0.25) is 0 Å². The molecule has 0 saturated carbocycles. The van der Waals surface area contributed by atoms with Crippen molar-refractivity contribution in [1.82, 2.24) is 0 Å². The van der Waals surface area contributed by atoms with Gasteiger partial charge in [-0.15, -0.1) is 0 Å². The van der Waals surface area contributed by atoms with Crippen LogP contribution in [0.5, 0.6) is 0 Å². The van der Waals surface area contributed by atoms with Crippen molar-refractivity contribution in [2.24, 2.45) is 0 Å². The molecule has 0 bridgehead atoms. The van der Waals surface area contributed by atoms with E-state index in [-0.39, 0.29) is 31.1 Å². The van der Waals surface area contributed by atoms with Gasteiger partial charge in [0.1, 0.15) is 13.2 Å². The molecule has 0 aliphatic heterocycles. The van der Waals surface area contributed by atoms with Crippen LogP contribution in [0, 0.1) is 0 Å². The Hall–Kier alpha value is -2.37. The largest absolute Gasteiger partial charge is 0.462 e. The van der Waals surface area contributed by atoms with Crippen molar-refractivity contribution in [2.75, 3.05) is 13.2 Å². The molecule has 0 aliphatic rings. The summed E-state index contributed by atoms with van der Waals surface area (Å²) in [6, 6.07) is 0. The Balaban J connectivity index is 4.34. The molecule has 0 fully saturated rings. The summed E-state index contributed by atoms with van der Waals surface area (Å²) in [6.45, 7) is 6.62. The monoisotopic (exact) mass is 871 g/mol. The van der Waals surface area contributed by atoms with Gasteiger partial charge in [0.05, 0.1) is 0 Å². The fraction of sp³-hybridized carbons (Fsp3) is 0.839. The number of esters is 3. The highest BCUT2D eigenvalue weighted by molar-refractivity contribution is 5.71. The molecule has 0 radical (unpaired) electrons. The van der Waals surface area contributed by atoms with E-state index in [0.717, 1.165) is 77.0 Å². The first-order chi connectivity index (χ1) is 30.5. The van der Waals surface area contributed by atoms with Crippen molar-refractivity contribution in [1.29, 1.82) is 0 Å². The van der Waals surface area contributed by atoms with Gasteiger partial charge in [-0.25, -0.2) is 0 Å². The number of carbonyl (C=O) groups is 3. The Morgan fingerprint density at radius 1 is 0.323 bits per heavy atom. The standard InChI is InChI=1S/C56H102O6/c1-4-7-10-13-16-19-22-25-26-27-28-29-30-32-34-37-40-43-46-49-55(58)61-52-53(51-60-54(57)48-45-42-39-36-33-24-21-18-15-12-9-6-3)62-56(59)50-47-44-41-38-35-31-23-20-17-14-11-8-5-2/h16,19,25-26,28-29,53H,4-15,17-18,20-24,27,30-52H2,1-3H3/b19-16-,26-25-,29-28-. The van der Waals surface area contributed by atoms with Crippen molar-refractivity contribution < 1.29 is 28.6 Å². The fourth-order valence-electron chi connectivity index (χ4n) is 7.80. The van der Waals surface area contributed by atoms with Crippen LogP contribution in [0.15, 0.2) is 36.5 Å². The second-order valence-electron chi connectivity index (χ2n) is 18.2. The van der Waals surface area contributed by atoms with Gasteiger partial charge >= 0.3 is 17.9 Å². The highest BCUT2D eigenvalue weighted by Gasteiger charge is 2.19. The minimum Gasteiger partial charge on any atom is -0.462 e. The Morgan fingerprint density at radius 3 is 0.935 bits per heavy atom. The van der Waals surface area contributed by atoms with E-state index in [1.165, 1.54) is 167 Å². The van der Waals surface area contributed by atoms with Crippen LogP contribution in [0.3, 0.4) is 0 Å². The van der Waals surface area contributed by atoms with Crippen molar-refractivity contribution in [2.45, 2.75) is 290 Å². The molecule has 0 saturated heterocycles. The Kier molecular flexibility index (Phi) is 49.3. The normalized spacial score (nSPS) is 12.2. The lowest BCUT2D eigenvalue weighted by molar-refractivity contribution is -0.167. The molecule has 0 N–H and O–H groups in total. The van der Waals surface area contributed by atoms with Crippen LogP contribution in [-0.2, 0) is 28.6 Å². The van der Waals surface area contributed by atoms with Gasteiger partial charge < -0.3 is 14.2 Å². The average Bonchev–Trinajstić information content (AvgIpc) is 3.27. The van der Waals surface area contributed by atoms with Gasteiger partial charge in [0.15, 0.2) is 6.10 Å². The molecule has 0 aromatic rings. The van der Waals surface area contributed by atoms with Gasteiger partial charge in [-0.1, -0.05) is 243 Å². The average molecular weight is 871 g/mol. The number of unbranched alkanes of at least 4 members (excludes halogenated alkanes) is 32. The Bertz CT molecular complexity index is 1050. The van der Waals surface area contributed by atoms with Crippen molar-refractivity contribution in [3.63, 3.8) is 0 Å². The van der Waals surface area contributed by atoms with Crippen LogP contribution < -0.4 is 0 Å². The maximum Gasteiger partial charge on any atom is 0.306 e. The lowest BCUT2D eigenvalue weighted by atomic mass is 10.0. The van der Waals surface area contributed by atoms with Gasteiger partial charge in [0, 0.05) is 19.3 Å². The summed E-state index contributed by atoms with van der Waals surface area (Å²) in [4.78, 5) is 38.0. The SMILES string of the molecule is CCCCC/C=C\C/C=C\C/C=C\CCCCCCCCC(=O)OCC(COC(=O)CCCCCCCCCCCCCC)OC(=O)CCCCCCCCCCCCCCC. The molecule has 62 heavy (non-hydrogen) atoms. The van der Waals surface area contributed by atoms with E-state index in [1.54, 1.807) is 0 Å². The van der Waals surface area contributed by atoms with E-state index in [1.807, 2.05) is 0 Å². The second kappa shape index (κ2) is 51.3. The molecule has 6 nitrogen and oxygen atoms in total. The highest BCUT2D eigenvalue weighted by atomic mass is 16.6. The predicted octanol–water partition coefficient (Wildman–Crippen LogP) is 17.7. The van der Waals surface area contributed by atoms with Crippen LogP contribution in [-0.4, -0.2) is 37.2 Å². The van der Waals surface area contributed by atoms with E-state index in [4.69, 9.17) is 14.2 Å². The number of allylic oxidation sites excluding steroid dienone is 6. The molecule has 0 heterocycles. The second-order valence-corrected chi connectivity index (χ2v) is 18.2. The van der Waals surface area contributed by atoms with Crippen LogP contribution in [0.1, 0.15) is 284 Å². The highest BCUT2D eigenvalue weighted by Crippen LogP contribution is 2.16. The van der Waals surface area contributed by atoms with Crippen molar-refractivity contribution >= 4 is 17.9 Å². The summed E-state index contributed by atoms with van der Waals surface area (Å²) < 4.78 is 16.8. The maximum atomic E-state index is 12.8. The maximum absolute atomic E-state index is 12.8. The molecule has 0 aromatic heterocycles. The summed E-state index contributed by atoms with van der Waals surface area (Å²) >= 11 is 0. The van der Waals surface area contributed by atoms with Gasteiger partial charge in [-0.05, 0) is 57.8 Å². The van der Waals surface area contributed by atoms with E-state index in [0.29, 0.717) is 19.3 Å². The third-order valence-corrected chi connectivity index (χ3v) is 11.9. The molecular weight excluding hydrogens is 769 g/mol. The zero-order valence-corrected chi connectivity index (χ0v) is 41.4. The molecule has 6 heteroatoms. The zero-order chi connectivity index (χ0) is 45.1. The minimum atomic E-state index is -0.772. The third kappa shape index (κ3) is 48.7. The number of ether oxygens (including phenoxy) is 3. The summed E-state index contributed by atoms with van der Waals surface area (Å²) in [6.07, 6.45) is 59.8. The smallest absolute Gasteiger partial charge is 0.306 e. The van der Waals surface area contributed by atoms with Gasteiger partial charge in [-0.2, -0.15) is 0 Å². The van der Waals surface area contributed by atoms with E-state index < -0.39 is 6.10 Å². The summed E-state index contributed by atoms with van der Waals surface area (Å²) in [5.74, 6) is -0.872. The summed E-state index contributed by atoms with van der Waals surface area (Å²) in [7, 11) is 0. The molecule has 0 amide bonds. The minimum absolute atomic E-state index is 0.0720. The number of carbonyl (C=O) groups excluding carboxylic acids is 3. The number of hydrogen-bond acceptors (Lipinski definition) is 6. The molecular formula is C56H102O6. The van der Waals surface area contributed by atoms with Crippen LogP contribution in [0.25, 0.3) is 0 Å². The number of hydrogen-bond donors (Lipinski definition) is 0. The van der Waals surface area contributed by atoms with Crippen LogP contribution in [0.2, 0.25) is 0 Å². The molecule has 0 aromatic carbocycles. The first-order valence-electron chi connectivity index (χ1n) is 27.0. The molecule has 0 spiro atoms. The lowest BCUT2D eigenvalue weighted by Gasteiger charge is -2.18. The number of rotatable bonds is 49. The van der Waals surface area contributed by atoms with Crippen molar-refractivity contribution in [3.8, 4) is 0 Å². The first kappa shape index (κ1) is 59.6. The molecule has 0 aliphatic carbocycles. The first-order valence-corrected chi connectivity index (χ1v) is 27.0. The third-order valence-electron chi connectivity index (χ3n) is 11.9.